The molecule has 3 heterocycles. The summed E-state index contributed by atoms with van der Waals surface area (Å²) in [7, 11) is -3.78. The predicted molar refractivity (Wildman–Crippen MR) is 101 cm³/mol. The summed E-state index contributed by atoms with van der Waals surface area (Å²) < 4.78 is 53.4. The largest absolute Gasteiger partial charge is 0.491 e. The molecular weight excluding hydrogens is 383 g/mol. The van der Waals surface area contributed by atoms with Gasteiger partial charge in [-0.15, -0.1) is 0 Å². The van der Waals surface area contributed by atoms with Crippen LogP contribution in [0.3, 0.4) is 0 Å². The fourth-order valence-electron chi connectivity index (χ4n) is 4.22. The number of piperidine rings is 1. The summed E-state index contributed by atoms with van der Waals surface area (Å²) in [6, 6.07) is 7.19. The van der Waals surface area contributed by atoms with Crippen LogP contribution in [-0.2, 0) is 10.0 Å². The highest BCUT2D eigenvalue weighted by Gasteiger charge is 2.48. The lowest BCUT2D eigenvalue weighted by Crippen LogP contribution is -2.49. The molecule has 2 fully saturated rings. The second-order valence-corrected chi connectivity index (χ2v) is 8.98. The lowest BCUT2D eigenvalue weighted by atomic mass is 10.0. The number of aromatic nitrogens is 1. The van der Waals surface area contributed by atoms with Gasteiger partial charge in [0, 0.05) is 37.3 Å². The van der Waals surface area contributed by atoms with Gasteiger partial charge in [-0.2, -0.15) is 4.31 Å². The Morgan fingerprint density at radius 3 is 2.43 bits per heavy atom. The Morgan fingerprint density at radius 2 is 1.82 bits per heavy atom. The van der Waals surface area contributed by atoms with Crippen molar-refractivity contribution in [3.05, 3.63) is 48.5 Å². The van der Waals surface area contributed by atoms with Crippen molar-refractivity contribution < 1.29 is 22.3 Å². The molecule has 0 aliphatic carbocycles. The average Bonchev–Trinajstić information content (AvgIpc) is 2.96. The van der Waals surface area contributed by atoms with Crippen molar-refractivity contribution >= 4 is 10.0 Å². The van der Waals surface area contributed by atoms with E-state index in [1.165, 1.54) is 12.1 Å². The van der Waals surface area contributed by atoms with Crippen molar-refractivity contribution in [2.24, 2.45) is 0 Å². The van der Waals surface area contributed by atoms with Crippen LogP contribution in [0.4, 0.5) is 4.39 Å². The molecule has 4 rings (SSSR count). The van der Waals surface area contributed by atoms with E-state index in [0.717, 1.165) is 24.7 Å². The SMILES string of the molecule is CCOc1ccc(S(=O)(=O)N2C3CCC2CC(Oc2ccncc2)C3)cc1F. The molecule has 2 saturated heterocycles. The predicted octanol–water partition coefficient (Wildman–Crippen LogP) is 3.38. The molecular formula is C20H23FN2O4S. The van der Waals surface area contributed by atoms with Gasteiger partial charge in [-0.25, -0.2) is 12.8 Å². The molecule has 0 spiro atoms. The van der Waals surface area contributed by atoms with Crippen molar-refractivity contribution in [3.8, 4) is 11.5 Å². The molecule has 2 atom stereocenters. The summed E-state index contributed by atoms with van der Waals surface area (Å²) in [4.78, 5) is 3.95. The molecule has 2 aromatic rings. The van der Waals surface area contributed by atoms with Crippen LogP contribution in [0, 0.1) is 5.82 Å². The zero-order valence-electron chi connectivity index (χ0n) is 15.6. The molecule has 0 N–H and O–H groups in total. The Hall–Kier alpha value is -2.19. The number of rotatable bonds is 6. The first-order valence-corrected chi connectivity index (χ1v) is 11.0. The van der Waals surface area contributed by atoms with Gasteiger partial charge in [0.25, 0.3) is 0 Å². The monoisotopic (exact) mass is 406 g/mol. The minimum atomic E-state index is -3.78. The minimum absolute atomic E-state index is 0.0288. The van der Waals surface area contributed by atoms with Gasteiger partial charge in [-0.3, -0.25) is 4.98 Å². The molecule has 8 heteroatoms. The van der Waals surface area contributed by atoms with E-state index in [4.69, 9.17) is 9.47 Å². The Kier molecular flexibility index (Phi) is 5.25. The second-order valence-electron chi connectivity index (χ2n) is 7.14. The Labute approximate surface area is 164 Å². The van der Waals surface area contributed by atoms with Gasteiger partial charge in [0.15, 0.2) is 11.6 Å². The maximum atomic E-state index is 14.2. The van der Waals surface area contributed by atoms with E-state index in [9.17, 15) is 12.8 Å². The topological polar surface area (TPSA) is 68.7 Å². The van der Waals surface area contributed by atoms with Crippen LogP contribution in [-0.4, -0.2) is 42.5 Å². The molecule has 0 radical (unpaired) electrons. The van der Waals surface area contributed by atoms with E-state index < -0.39 is 15.8 Å². The van der Waals surface area contributed by atoms with Crippen LogP contribution >= 0.6 is 0 Å². The van der Waals surface area contributed by atoms with Crippen molar-refractivity contribution in [1.29, 1.82) is 0 Å². The van der Waals surface area contributed by atoms with Crippen LogP contribution in [0.5, 0.6) is 11.5 Å². The van der Waals surface area contributed by atoms with Gasteiger partial charge in [0.2, 0.25) is 10.0 Å². The number of fused-ring (bicyclic) bond motifs is 2. The number of pyridine rings is 1. The number of nitrogens with zero attached hydrogens (tertiary/aromatic N) is 2. The molecule has 2 unspecified atom stereocenters. The second kappa shape index (κ2) is 7.67. The van der Waals surface area contributed by atoms with Crippen molar-refractivity contribution in [3.63, 3.8) is 0 Å². The summed E-state index contributed by atoms with van der Waals surface area (Å²) in [5.41, 5.74) is 0. The van der Waals surface area contributed by atoms with Crippen molar-refractivity contribution in [2.75, 3.05) is 6.61 Å². The molecule has 28 heavy (non-hydrogen) atoms. The van der Waals surface area contributed by atoms with E-state index in [1.807, 2.05) is 0 Å². The lowest BCUT2D eigenvalue weighted by Gasteiger charge is -2.37. The number of hydrogen-bond donors (Lipinski definition) is 0. The fourth-order valence-corrected chi connectivity index (χ4v) is 6.12. The maximum absolute atomic E-state index is 14.2. The Bertz CT molecular complexity index is 924. The first-order chi connectivity index (χ1) is 13.5. The summed E-state index contributed by atoms with van der Waals surface area (Å²) >= 11 is 0. The van der Waals surface area contributed by atoms with E-state index in [2.05, 4.69) is 4.98 Å². The highest BCUT2D eigenvalue weighted by Crippen LogP contribution is 2.41. The number of hydrogen-bond acceptors (Lipinski definition) is 5. The quantitative estimate of drug-likeness (QED) is 0.736. The normalized spacial score (nSPS) is 24.9. The number of sulfonamides is 1. The third-order valence-electron chi connectivity index (χ3n) is 5.35. The lowest BCUT2D eigenvalue weighted by molar-refractivity contribution is 0.0956. The Balaban J connectivity index is 1.53. The fraction of sp³-hybridized carbons (Fsp3) is 0.450. The average molecular weight is 406 g/mol. The maximum Gasteiger partial charge on any atom is 0.243 e. The molecule has 0 amide bonds. The van der Waals surface area contributed by atoms with Crippen molar-refractivity contribution in [2.45, 2.75) is 55.7 Å². The van der Waals surface area contributed by atoms with Gasteiger partial charge in [0.05, 0.1) is 11.5 Å². The van der Waals surface area contributed by atoms with Gasteiger partial charge < -0.3 is 9.47 Å². The smallest absolute Gasteiger partial charge is 0.243 e. The van der Waals surface area contributed by atoms with Crippen molar-refractivity contribution in [1.82, 2.24) is 9.29 Å². The molecule has 1 aromatic heterocycles. The molecule has 1 aromatic carbocycles. The van der Waals surface area contributed by atoms with Crippen LogP contribution in [0.1, 0.15) is 32.6 Å². The van der Waals surface area contributed by atoms with Crippen LogP contribution in [0.2, 0.25) is 0 Å². The van der Waals surface area contributed by atoms with E-state index in [0.29, 0.717) is 19.4 Å². The minimum Gasteiger partial charge on any atom is -0.491 e. The highest BCUT2D eigenvalue weighted by molar-refractivity contribution is 7.89. The molecule has 2 bridgehead atoms. The first-order valence-electron chi connectivity index (χ1n) is 9.51. The van der Waals surface area contributed by atoms with E-state index >= 15 is 0 Å². The summed E-state index contributed by atoms with van der Waals surface area (Å²) in [6.07, 6.45) is 6.13. The van der Waals surface area contributed by atoms with Crippen LogP contribution in [0.15, 0.2) is 47.6 Å². The summed E-state index contributed by atoms with van der Waals surface area (Å²) in [5, 5.41) is 0. The van der Waals surface area contributed by atoms with Gasteiger partial charge in [-0.05, 0) is 50.1 Å². The van der Waals surface area contributed by atoms with Crippen LogP contribution < -0.4 is 9.47 Å². The number of halogens is 1. The standard InChI is InChI=1S/C20H23FN2O4S/c1-2-26-20-6-5-18(13-19(20)21)28(24,25)23-14-3-4-15(23)12-17(11-14)27-16-7-9-22-10-8-16/h5-10,13-15,17H,2-4,11-12H2,1H3. The zero-order chi connectivity index (χ0) is 19.7. The van der Waals surface area contributed by atoms with Gasteiger partial charge >= 0.3 is 0 Å². The van der Waals surface area contributed by atoms with Gasteiger partial charge in [-0.1, -0.05) is 0 Å². The number of ether oxygens (including phenoxy) is 2. The van der Waals surface area contributed by atoms with Gasteiger partial charge in [0.1, 0.15) is 11.9 Å². The summed E-state index contributed by atoms with van der Waals surface area (Å²) in [5.74, 6) is 0.143. The third-order valence-corrected chi connectivity index (χ3v) is 7.35. The van der Waals surface area contributed by atoms with E-state index in [-0.39, 0.29) is 28.8 Å². The molecule has 2 aliphatic rings. The molecule has 150 valence electrons. The molecule has 6 nitrogen and oxygen atoms in total. The third kappa shape index (κ3) is 3.58. The van der Waals surface area contributed by atoms with E-state index in [1.54, 1.807) is 35.8 Å². The number of benzene rings is 1. The molecule has 2 aliphatic heterocycles. The zero-order valence-corrected chi connectivity index (χ0v) is 16.4. The van der Waals surface area contributed by atoms with Crippen LogP contribution in [0.25, 0.3) is 0 Å². The highest BCUT2D eigenvalue weighted by atomic mass is 32.2. The first kappa shape index (κ1) is 19.1. The Morgan fingerprint density at radius 1 is 1.14 bits per heavy atom. The molecule has 0 saturated carbocycles. The summed E-state index contributed by atoms with van der Waals surface area (Å²) in [6.45, 7) is 2.07.